The Kier molecular flexibility index (Phi) is 13.4. The van der Waals surface area contributed by atoms with Gasteiger partial charge >= 0.3 is 0 Å². The lowest BCUT2D eigenvalue weighted by Crippen LogP contribution is -2.36. The van der Waals surface area contributed by atoms with Crippen LogP contribution in [-0.2, 0) is 14.9 Å². The van der Waals surface area contributed by atoms with Crippen molar-refractivity contribution in [1.29, 1.82) is 5.26 Å². The average molecular weight is 712 g/mol. The molecule has 1 fully saturated rings. The van der Waals surface area contributed by atoms with Crippen molar-refractivity contribution < 1.29 is 23.6 Å². The van der Waals surface area contributed by atoms with Gasteiger partial charge in [0.15, 0.2) is 0 Å². The van der Waals surface area contributed by atoms with Crippen LogP contribution in [0.15, 0.2) is 97.5 Å². The second-order valence-electron chi connectivity index (χ2n) is 13.5. The van der Waals surface area contributed by atoms with Crippen LogP contribution in [-0.4, -0.2) is 65.1 Å². The first-order valence-corrected chi connectivity index (χ1v) is 18.7. The van der Waals surface area contributed by atoms with Crippen LogP contribution in [0.5, 0.6) is 11.5 Å². The van der Waals surface area contributed by atoms with E-state index in [-0.39, 0.29) is 36.6 Å². The molecule has 51 heavy (non-hydrogen) atoms. The van der Waals surface area contributed by atoms with Crippen molar-refractivity contribution in [3.63, 3.8) is 0 Å². The molecule has 5 atom stereocenters. The van der Waals surface area contributed by atoms with Gasteiger partial charge in [0.2, 0.25) is 0 Å². The number of aromatic nitrogens is 2. The molecule has 2 N–H and O–H groups in total. The number of hydrogen-bond donors (Lipinski definition) is 2. The van der Waals surface area contributed by atoms with Gasteiger partial charge in [-0.05, 0) is 99.4 Å². The van der Waals surface area contributed by atoms with Gasteiger partial charge in [-0.15, -0.1) is 0 Å². The Hall–Kier alpha value is -4.10. The number of ether oxygens (including phenoxy) is 3. The fourth-order valence-corrected chi connectivity index (χ4v) is 8.53. The number of hydrogen-bond acceptors (Lipinski definition) is 10. The summed E-state index contributed by atoms with van der Waals surface area (Å²) in [6, 6.07) is 30.9. The first-order chi connectivity index (χ1) is 24.7. The molecule has 3 aromatic carbocycles. The van der Waals surface area contributed by atoms with E-state index in [4.69, 9.17) is 18.7 Å². The zero-order valence-electron chi connectivity index (χ0n) is 30.3. The zero-order valence-corrected chi connectivity index (χ0v) is 31.2. The van der Waals surface area contributed by atoms with Crippen molar-refractivity contribution in [2.45, 2.75) is 64.3 Å². The van der Waals surface area contributed by atoms with Gasteiger partial charge in [-0.3, -0.25) is 0 Å². The van der Waals surface area contributed by atoms with Crippen LogP contribution in [0.4, 0.5) is 5.82 Å². The minimum absolute atomic E-state index is 0.0200. The molecule has 11 heteroatoms. The number of methoxy groups -OCH3 is 2. The standard InChI is InChI=1S/C40H50N5O5P/c1-28(2)45(29(3)4)51(46)50-26-31(24-41)38-23-35(44-39-20-21-42-27-43-39)22-30(38)25-49-40(32-10-8-7-9-11-32,33-12-16-36(47-5)17-13-33)34-14-18-37(48-6)19-15-34/h7-21,27-31,35,38,46H,22-23,25-26H2,1-6H3,(H,42,43,44)/t30?,31?,35-,38-,51?/m0/s1. The molecule has 0 bridgehead atoms. The summed E-state index contributed by atoms with van der Waals surface area (Å²) in [4.78, 5) is 19.6. The Labute approximate surface area is 303 Å². The van der Waals surface area contributed by atoms with Crippen molar-refractivity contribution in [3.8, 4) is 17.6 Å². The highest BCUT2D eigenvalue weighted by molar-refractivity contribution is 7.43. The summed E-state index contributed by atoms with van der Waals surface area (Å²) in [6.45, 7) is 8.63. The summed E-state index contributed by atoms with van der Waals surface area (Å²) in [5, 5.41) is 14.2. The van der Waals surface area contributed by atoms with Gasteiger partial charge in [0.05, 0.1) is 39.4 Å². The molecule has 10 nitrogen and oxygen atoms in total. The smallest absolute Gasteiger partial charge is 0.256 e. The van der Waals surface area contributed by atoms with Crippen molar-refractivity contribution in [1.82, 2.24) is 14.6 Å². The Morgan fingerprint density at radius 2 is 1.47 bits per heavy atom. The average Bonchev–Trinajstić information content (AvgIpc) is 3.55. The van der Waals surface area contributed by atoms with E-state index in [1.807, 2.05) is 105 Å². The van der Waals surface area contributed by atoms with Crippen LogP contribution in [0, 0.1) is 29.1 Å². The van der Waals surface area contributed by atoms with E-state index in [0.717, 1.165) is 40.4 Å². The van der Waals surface area contributed by atoms with Crippen LogP contribution in [0.25, 0.3) is 0 Å². The van der Waals surface area contributed by atoms with E-state index >= 15 is 0 Å². The molecular formula is C40H50N5O5P. The Balaban J connectivity index is 1.51. The largest absolute Gasteiger partial charge is 0.497 e. The fraction of sp³-hybridized carbons (Fsp3) is 0.425. The summed E-state index contributed by atoms with van der Waals surface area (Å²) in [7, 11) is 1.45. The van der Waals surface area contributed by atoms with E-state index in [2.05, 4.69) is 33.5 Å². The summed E-state index contributed by atoms with van der Waals surface area (Å²) < 4.78 is 26.4. The second-order valence-corrected chi connectivity index (χ2v) is 14.7. The molecule has 1 saturated carbocycles. The number of anilines is 1. The van der Waals surface area contributed by atoms with Crippen molar-refractivity contribution in [2.24, 2.45) is 17.8 Å². The van der Waals surface area contributed by atoms with Crippen molar-refractivity contribution in [2.75, 3.05) is 32.8 Å². The number of benzene rings is 3. The molecule has 5 rings (SSSR count). The van der Waals surface area contributed by atoms with Gasteiger partial charge in [-0.2, -0.15) is 5.26 Å². The van der Waals surface area contributed by atoms with Crippen molar-refractivity contribution in [3.05, 3.63) is 114 Å². The minimum atomic E-state index is -1.87. The highest BCUT2D eigenvalue weighted by Gasteiger charge is 2.44. The molecule has 3 unspecified atom stereocenters. The predicted molar refractivity (Wildman–Crippen MR) is 200 cm³/mol. The van der Waals surface area contributed by atoms with E-state index < -0.39 is 20.0 Å². The highest BCUT2D eigenvalue weighted by atomic mass is 31.2. The molecule has 0 spiro atoms. The van der Waals surface area contributed by atoms with Crippen LogP contribution < -0.4 is 14.8 Å². The predicted octanol–water partition coefficient (Wildman–Crippen LogP) is 7.80. The first-order valence-electron chi connectivity index (χ1n) is 17.5. The Morgan fingerprint density at radius 3 is 1.98 bits per heavy atom. The molecule has 1 aromatic heterocycles. The maximum absolute atomic E-state index is 11.1. The molecule has 0 radical (unpaired) electrons. The summed E-state index contributed by atoms with van der Waals surface area (Å²) in [6.07, 6.45) is 4.70. The molecular weight excluding hydrogens is 661 g/mol. The van der Waals surface area contributed by atoms with Gasteiger partial charge in [0.25, 0.3) is 8.53 Å². The lowest BCUT2D eigenvalue weighted by atomic mass is 9.79. The quantitative estimate of drug-likeness (QED) is 0.0829. The molecule has 0 saturated heterocycles. The van der Waals surface area contributed by atoms with Gasteiger partial charge in [-0.25, -0.2) is 14.6 Å². The third-order valence-electron chi connectivity index (χ3n) is 9.68. The molecule has 4 aromatic rings. The summed E-state index contributed by atoms with van der Waals surface area (Å²) >= 11 is 0. The van der Waals surface area contributed by atoms with Crippen LogP contribution in [0.2, 0.25) is 0 Å². The third kappa shape index (κ3) is 9.04. The van der Waals surface area contributed by atoms with E-state index in [1.54, 1.807) is 20.4 Å². The SMILES string of the molecule is COc1ccc(C(OCC2C[C@H](Nc3ccncn3)C[C@@H]2C(C#N)COP(O)N(C(C)C)C(C)C)(c2ccccc2)c2ccc(OC)cc2)cc1. The van der Waals surface area contributed by atoms with Crippen LogP contribution in [0.1, 0.15) is 57.2 Å². The molecule has 0 aliphatic heterocycles. The first kappa shape index (κ1) is 38.1. The van der Waals surface area contributed by atoms with E-state index in [0.29, 0.717) is 13.0 Å². The minimum Gasteiger partial charge on any atom is -0.497 e. The molecule has 1 heterocycles. The Morgan fingerprint density at radius 1 is 0.882 bits per heavy atom. The van der Waals surface area contributed by atoms with E-state index in [9.17, 15) is 10.2 Å². The number of nitrogens with one attached hydrogen (secondary N) is 1. The maximum atomic E-state index is 11.1. The third-order valence-corrected chi connectivity index (χ3v) is 11.4. The summed E-state index contributed by atoms with van der Waals surface area (Å²) in [5.74, 6) is 1.66. The monoisotopic (exact) mass is 711 g/mol. The number of rotatable bonds is 17. The van der Waals surface area contributed by atoms with Gasteiger partial charge in [-0.1, -0.05) is 54.6 Å². The van der Waals surface area contributed by atoms with Crippen LogP contribution >= 0.6 is 8.53 Å². The molecule has 1 aliphatic rings. The lowest BCUT2D eigenvalue weighted by Gasteiger charge is -2.38. The summed E-state index contributed by atoms with van der Waals surface area (Å²) in [5.41, 5.74) is 1.87. The Bertz CT molecular complexity index is 1620. The van der Waals surface area contributed by atoms with Crippen LogP contribution in [0.3, 0.4) is 0 Å². The van der Waals surface area contributed by atoms with Gasteiger partial charge < -0.3 is 28.9 Å². The normalized spacial score (nSPS) is 18.8. The maximum Gasteiger partial charge on any atom is 0.256 e. The van der Waals surface area contributed by atoms with Gasteiger partial charge in [0, 0.05) is 24.3 Å². The zero-order chi connectivity index (χ0) is 36.4. The van der Waals surface area contributed by atoms with E-state index in [1.165, 1.54) is 6.33 Å². The molecule has 1 aliphatic carbocycles. The van der Waals surface area contributed by atoms with Gasteiger partial charge in [0.1, 0.15) is 29.2 Å². The lowest BCUT2D eigenvalue weighted by molar-refractivity contribution is -0.0197. The molecule has 0 amide bonds. The highest BCUT2D eigenvalue weighted by Crippen LogP contribution is 2.47. The number of nitrogens with zero attached hydrogens (tertiary/aromatic N) is 4. The fourth-order valence-electron chi connectivity index (χ4n) is 7.31. The second kappa shape index (κ2) is 17.9. The molecule has 270 valence electrons. The topological polar surface area (TPSA) is 122 Å². The number of nitriles is 1. The van der Waals surface area contributed by atoms with Crippen molar-refractivity contribution >= 4 is 14.3 Å².